The second-order valence-electron chi connectivity index (χ2n) is 5.26. The fourth-order valence-electron chi connectivity index (χ4n) is 2.15. The summed E-state index contributed by atoms with van der Waals surface area (Å²) >= 11 is 0. The minimum atomic E-state index is 0. The lowest BCUT2D eigenvalue weighted by atomic mass is 10.2. The van der Waals surface area contributed by atoms with Gasteiger partial charge in [0, 0.05) is 45.5 Å². The van der Waals surface area contributed by atoms with Crippen LogP contribution in [0, 0.1) is 0 Å². The van der Waals surface area contributed by atoms with Gasteiger partial charge in [-0.15, -0.1) is 24.0 Å². The lowest BCUT2D eigenvalue weighted by Gasteiger charge is -2.13. The molecule has 6 heteroatoms. The maximum atomic E-state index is 5.71. The van der Waals surface area contributed by atoms with Crippen LogP contribution < -0.4 is 15.4 Å². The topological polar surface area (TPSA) is 54.9 Å². The highest BCUT2D eigenvalue weighted by molar-refractivity contribution is 14.0. The molecule has 5 nitrogen and oxygen atoms in total. The lowest BCUT2D eigenvalue weighted by molar-refractivity contribution is 0.172. The van der Waals surface area contributed by atoms with Gasteiger partial charge in [0.15, 0.2) is 5.96 Å². The summed E-state index contributed by atoms with van der Waals surface area (Å²) in [6, 6.07) is 18.1. The second kappa shape index (κ2) is 12.5. The number of halogens is 1. The minimum absolute atomic E-state index is 0. The van der Waals surface area contributed by atoms with E-state index < -0.39 is 0 Å². The molecule has 2 rings (SSSR count). The first-order valence-corrected chi connectivity index (χ1v) is 8.05. The number of anilines is 1. The Bertz CT molecular complexity index is 636. The van der Waals surface area contributed by atoms with Crippen LogP contribution in [0.2, 0.25) is 0 Å². The van der Waals surface area contributed by atoms with Crippen LogP contribution in [0.4, 0.5) is 5.69 Å². The van der Waals surface area contributed by atoms with Crippen LogP contribution >= 0.6 is 24.0 Å². The third-order valence-corrected chi connectivity index (χ3v) is 3.38. The first-order chi connectivity index (χ1) is 11.8. The smallest absolute Gasteiger partial charge is 0.195 e. The molecule has 2 aromatic rings. The van der Waals surface area contributed by atoms with E-state index in [4.69, 9.17) is 9.47 Å². The average molecular weight is 455 g/mol. The van der Waals surface area contributed by atoms with E-state index in [1.165, 1.54) is 5.56 Å². The van der Waals surface area contributed by atoms with Crippen molar-refractivity contribution in [3.05, 3.63) is 60.2 Å². The molecule has 136 valence electrons. The standard InChI is InChI=1S/C19H25N3O2.HI/c1-20-19(21-15-16-8-4-3-5-9-16)22-17-10-6-11-18(14-17)24-13-7-12-23-2;/h3-6,8-11,14H,7,12-13,15H2,1-2H3,(H2,20,21,22);1H. The Morgan fingerprint density at radius 1 is 1.04 bits per heavy atom. The molecule has 0 spiro atoms. The molecule has 0 saturated heterocycles. The van der Waals surface area contributed by atoms with Crippen molar-refractivity contribution < 1.29 is 9.47 Å². The van der Waals surface area contributed by atoms with Crippen molar-refractivity contribution in [1.82, 2.24) is 5.32 Å². The Hall–Kier alpha value is -1.80. The summed E-state index contributed by atoms with van der Waals surface area (Å²) in [5.41, 5.74) is 2.14. The predicted octanol–water partition coefficient (Wildman–Crippen LogP) is 3.91. The fraction of sp³-hybridized carbons (Fsp3) is 0.316. The van der Waals surface area contributed by atoms with E-state index in [9.17, 15) is 0 Å². The molecule has 0 unspecified atom stereocenters. The Kier molecular flexibility index (Phi) is 10.7. The summed E-state index contributed by atoms with van der Waals surface area (Å²) in [5.74, 6) is 1.55. The Morgan fingerprint density at radius 3 is 2.56 bits per heavy atom. The largest absolute Gasteiger partial charge is 0.493 e. The van der Waals surface area contributed by atoms with Gasteiger partial charge < -0.3 is 20.1 Å². The maximum Gasteiger partial charge on any atom is 0.195 e. The van der Waals surface area contributed by atoms with Gasteiger partial charge in [-0.3, -0.25) is 4.99 Å². The first kappa shape index (κ1) is 21.2. The van der Waals surface area contributed by atoms with E-state index in [0.717, 1.165) is 23.8 Å². The number of methoxy groups -OCH3 is 1. The highest BCUT2D eigenvalue weighted by Crippen LogP contribution is 2.17. The number of hydrogen-bond acceptors (Lipinski definition) is 3. The number of hydrogen-bond donors (Lipinski definition) is 2. The molecule has 0 saturated carbocycles. The zero-order valence-corrected chi connectivity index (χ0v) is 17.0. The van der Waals surface area contributed by atoms with E-state index >= 15 is 0 Å². The number of rotatable bonds is 8. The number of guanidine groups is 1. The van der Waals surface area contributed by atoms with Crippen molar-refractivity contribution >= 4 is 35.6 Å². The summed E-state index contributed by atoms with van der Waals surface area (Å²) in [6.07, 6.45) is 0.869. The minimum Gasteiger partial charge on any atom is -0.493 e. The van der Waals surface area contributed by atoms with Crippen molar-refractivity contribution in [2.75, 3.05) is 32.7 Å². The zero-order chi connectivity index (χ0) is 17.0. The predicted molar refractivity (Wildman–Crippen MR) is 114 cm³/mol. The van der Waals surface area contributed by atoms with Gasteiger partial charge in [0.2, 0.25) is 0 Å². The van der Waals surface area contributed by atoms with Gasteiger partial charge in [-0.2, -0.15) is 0 Å². The molecule has 0 fully saturated rings. The monoisotopic (exact) mass is 455 g/mol. The summed E-state index contributed by atoms with van der Waals surface area (Å²) in [6.45, 7) is 2.06. The molecule has 0 bridgehead atoms. The molecule has 0 aliphatic carbocycles. The van der Waals surface area contributed by atoms with Gasteiger partial charge in [-0.05, 0) is 17.7 Å². The van der Waals surface area contributed by atoms with E-state index in [0.29, 0.717) is 19.8 Å². The van der Waals surface area contributed by atoms with Crippen LogP contribution in [-0.2, 0) is 11.3 Å². The van der Waals surface area contributed by atoms with Crippen molar-refractivity contribution in [2.24, 2.45) is 4.99 Å². The number of benzene rings is 2. The molecule has 0 atom stereocenters. The number of aliphatic imine (C=N–C) groups is 1. The molecule has 0 aliphatic heterocycles. The van der Waals surface area contributed by atoms with Gasteiger partial charge in [0.25, 0.3) is 0 Å². The van der Waals surface area contributed by atoms with E-state index in [1.54, 1.807) is 14.2 Å². The quantitative estimate of drug-likeness (QED) is 0.274. The van der Waals surface area contributed by atoms with E-state index in [2.05, 4.69) is 27.8 Å². The molecule has 0 heterocycles. The zero-order valence-electron chi connectivity index (χ0n) is 14.7. The SMILES string of the molecule is CN=C(NCc1ccccc1)Nc1cccc(OCCCOC)c1.I. The summed E-state index contributed by atoms with van der Waals surface area (Å²) < 4.78 is 10.7. The molecule has 2 aromatic carbocycles. The molecule has 25 heavy (non-hydrogen) atoms. The Morgan fingerprint density at radius 2 is 1.84 bits per heavy atom. The van der Waals surface area contributed by atoms with Gasteiger partial charge in [0.1, 0.15) is 5.75 Å². The van der Waals surface area contributed by atoms with Crippen LogP contribution in [0.5, 0.6) is 5.75 Å². The van der Waals surface area contributed by atoms with Gasteiger partial charge >= 0.3 is 0 Å². The average Bonchev–Trinajstić information content (AvgIpc) is 2.63. The van der Waals surface area contributed by atoms with Gasteiger partial charge in [-0.25, -0.2) is 0 Å². The van der Waals surface area contributed by atoms with Crippen molar-refractivity contribution in [2.45, 2.75) is 13.0 Å². The fourth-order valence-corrected chi connectivity index (χ4v) is 2.15. The van der Waals surface area contributed by atoms with Gasteiger partial charge in [-0.1, -0.05) is 36.4 Å². The van der Waals surface area contributed by atoms with Crippen LogP contribution in [-0.4, -0.2) is 33.3 Å². The van der Waals surface area contributed by atoms with Crippen molar-refractivity contribution in [1.29, 1.82) is 0 Å². The maximum absolute atomic E-state index is 5.71. The highest BCUT2D eigenvalue weighted by Gasteiger charge is 2.01. The van der Waals surface area contributed by atoms with Crippen molar-refractivity contribution in [3.63, 3.8) is 0 Å². The van der Waals surface area contributed by atoms with Crippen molar-refractivity contribution in [3.8, 4) is 5.75 Å². The summed E-state index contributed by atoms with van der Waals surface area (Å²) in [5, 5.41) is 6.57. The Balaban J connectivity index is 0.00000312. The second-order valence-corrected chi connectivity index (χ2v) is 5.26. The third kappa shape index (κ3) is 8.22. The molecular formula is C19H26IN3O2. The molecule has 2 N–H and O–H groups in total. The molecular weight excluding hydrogens is 429 g/mol. The summed E-state index contributed by atoms with van der Waals surface area (Å²) in [4.78, 5) is 4.25. The normalized spacial score (nSPS) is 10.7. The number of nitrogens with one attached hydrogen (secondary N) is 2. The first-order valence-electron chi connectivity index (χ1n) is 8.05. The molecule has 0 aromatic heterocycles. The number of nitrogens with zero attached hydrogens (tertiary/aromatic N) is 1. The highest BCUT2D eigenvalue weighted by atomic mass is 127. The summed E-state index contributed by atoms with van der Waals surface area (Å²) in [7, 11) is 3.45. The van der Waals surface area contributed by atoms with Crippen LogP contribution in [0.25, 0.3) is 0 Å². The van der Waals surface area contributed by atoms with E-state index in [-0.39, 0.29) is 24.0 Å². The molecule has 0 aliphatic rings. The van der Waals surface area contributed by atoms with Crippen LogP contribution in [0.15, 0.2) is 59.6 Å². The third-order valence-electron chi connectivity index (χ3n) is 3.38. The van der Waals surface area contributed by atoms with Crippen LogP contribution in [0.3, 0.4) is 0 Å². The molecule has 0 radical (unpaired) electrons. The van der Waals surface area contributed by atoms with Gasteiger partial charge in [0.05, 0.1) is 6.61 Å². The number of ether oxygens (including phenoxy) is 2. The lowest BCUT2D eigenvalue weighted by Crippen LogP contribution is -2.30. The Labute approximate surface area is 166 Å². The molecule has 0 amide bonds. The van der Waals surface area contributed by atoms with E-state index in [1.807, 2.05) is 42.5 Å². The van der Waals surface area contributed by atoms with Crippen LogP contribution in [0.1, 0.15) is 12.0 Å².